The summed E-state index contributed by atoms with van der Waals surface area (Å²) in [5, 5.41) is 8.56. The van der Waals surface area contributed by atoms with Gasteiger partial charge in [0, 0.05) is 82.1 Å². The van der Waals surface area contributed by atoms with Crippen LogP contribution in [-0.4, -0.2) is 136 Å². The molecule has 2 aromatic heterocycles. The van der Waals surface area contributed by atoms with Crippen LogP contribution in [0.2, 0.25) is 0 Å². The minimum Gasteiger partial charge on any atom is -0.372 e. The van der Waals surface area contributed by atoms with Gasteiger partial charge in [0.2, 0.25) is 17.8 Å². The van der Waals surface area contributed by atoms with Gasteiger partial charge in [0.15, 0.2) is 0 Å². The van der Waals surface area contributed by atoms with Gasteiger partial charge in [-0.1, -0.05) is 12.1 Å². The molecular weight excluding hydrogens is 791 g/mol. The molecular formula is C45H51N11O6. The second-order valence-corrected chi connectivity index (χ2v) is 17.0. The summed E-state index contributed by atoms with van der Waals surface area (Å²) in [6.07, 6.45) is 4.03. The summed E-state index contributed by atoms with van der Waals surface area (Å²) in [6, 6.07) is 16.3. The van der Waals surface area contributed by atoms with Crippen LogP contribution >= 0.6 is 0 Å². The predicted octanol–water partition coefficient (Wildman–Crippen LogP) is 3.57. The third-order valence-electron chi connectivity index (χ3n) is 12.3. The third-order valence-corrected chi connectivity index (χ3v) is 12.3. The molecule has 5 aliphatic rings. The lowest BCUT2D eigenvalue weighted by atomic mass is 9.97. The van der Waals surface area contributed by atoms with Crippen LogP contribution in [0.15, 0.2) is 67.0 Å². The zero-order valence-electron chi connectivity index (χ0n) is 35.2. The molecule has 4 fully saturated rings. The highest BCUT2D eigenvalue weighted by molar-refractivity contribution is 6.23. The minimum absolute atomic E-state index is 0.0795. The number of benzene rings is 2. The van der Waals surface area contributed by atoms with Crippen molar-refractivity contribution in [2.45, 2.75) is 58.4 Å². The fourth-order valence-corrected chi connectivity index (χ4v) is 8.84. The van der Waals surface area contributed by atoms with Gasteiger partial charge in [0.05, 0.1) is 54.0 Å². The van der Waals surface area contributed by atoms with Crippen LogP contribution in [-0.2, 0) is 20.9 Å². The summed E-state index contributed by atoms with van der Waals surface area (Å²) >= 11 is 0. The number of imide groups is 2. The van der Waals surface area contributed by atoms with Gasteiger partial charge in [-0.15, -0.1) is 0 Å². The molecule has 4 saturated heterocycles. The van der Waals surface area contributed by atoms with E-state index in [1.54, 1.807) is 29.4 Å². The van der Waals surface area contributed by atoms with Crippen LogP contribution in [0.5, 0.6) is 0 Å². The van der Waals surface area contributed by atoms with Gasteiger partial charge in [-0.05, 0) is 80.8 Å². The molecule has 1 atom stereocenters. The molecule has 0 bridgehead atoms. The first-order valence-corrected chi connectivity index (χ1v) is 21.4. The number of pyridine rings is 1. The number of nitrogens with zero attached hydrogens (tertiary/aromatic N) is 8. The highest BCUT2D eigenvalue weighted by Gasteiger charge is 2.45. The molecule has 0 radical (unpaired) electrons. The lowest BCUT2D eigenvalue weighted by Crippen LogP contribution is -2.58. The number of piperidine rings is 1. The van der Waals surface area contributed by atoms with E-state index in [-0.39, 0.29) is 31.1 Å². The Bertz CT molecular complexity index is 2390. The zero-order valence-corrected chi connectivity index (χ0v) is 35.2. The van der Waals surface area contributed by atoms with Crippen LogP contribution in [0.1, 0.15) is 58.5 Å². The van der Waals surface area contributed by atoms with Gasteiger partial charge in [-0.3, -0.25) is 34.3 Å². The van der Waals surface area contributed by atoms with E-state index in [2.05, 4.69) is 41.7 Å². The van der Waals surface area contributed by atoms with E-state index in [0.717, 1.165) is 90.3 Å². The van der Waals surface area contributed by atoms with Crippen LogP contribution in [0, 0.1) is 12.8 Å². The number of nitrogens with one attached hydrogen (secondary N) is 3. The van der Waals surface area contributed by atoms with E-state index in [0.29, 0.717) is 42.6 Å². The summed E-state index contributed by atoms with van der Waals surface area (Å²) in [4.78, 5) is 86.7. The molecule has 0 saturated carbocycles. The number of ether oxygens (including phenoxy) is 1. The number of aryl methyl sites for hydroxylation is 1. The summed E-state index contributed by atoms with van der Waals surface area (Å²) in [7, 11) is 0. The maximum atomic E-state index is 13.3. The van der Waals surface area contributed by atoms with Crippen molar-refractivity contribution in [2.24, 2.45) is 5.92 Å². The predicted molar refractivity (Wildman–Crippen MR) is 231 cm³/mol. The molecule has 322 valence electrons. The van der Waals surface area contributed by atoms with Crippen molar-refractivity contribution in [3.63, 3.8) is 0 Å². The Labute approximate surface area is 359 Å². The molecule has 17 heteroatoms. The highest BCUT2D eigenvalue weighted by atomic mass is 16.5. The number of amides is 6. The largest absolute Gasteiger partial charge is 0.372 e. The van der Waals surface area contributed by atoms with Crippen molar-refractivity contribution in [1.29, 1.82) is 0 Å². The molecule has 5 aliphatic heterocycles. The number of carbonyl (C=O) groups excluding carboxylic acids is 5. The van der Waals surface area contributed by atoms with Crippen molar-refractivity contribution in [3.8, 4) is 11.3 Å². The first kappa shape index (κ1) is 40.9. The first-order chi connectivity index (χ1) is 29.9. The summed E-state index contributed by atoms with van der Waals surface area (Å²) in [6.45, 7) is 14.0. The zero-order chi connectivity index (χ0) is 43.1. The van der Waals surface area contributed by atoms with E-state index in [1.807, 2.05) is 57.2 Å². The van der Waals surface area contributed by atoms with E-state index in [4.69, 9.17) is 14.7 Å². The minimum atomic E-state index is -0.972. The molecule has 3 N–H and O–H groups in total. The molecule has 62 heavy (non-hydrogen) atoms. The van der Waals surface area contributed by atoms with Crippen molar-refractivity contribution >= 4 is 52.8 Å². The van der Waals surface area contributed by atoms with E-state index >= 15 is 0 Å². The molecule has 0 spiro atoms. The monoisotopic (exact) mass is 841 g/mol. The topological polar surface area (TPSA) is 186 Å². The van der Waals surface area contributed by atoms with Crippen LogP contribution < -0.4 is 25.8 Å². The summed E-state index contributed by atoms with van der Waals surface area (Å²) < 4.78 is 5.76. The number of hydrogen-bond acceptors (Lipinski definition) is 13. The summed E-state index contributed by atoms with van der Waals surface area (Å²) in [5.74, 6) is -0.108. The van der Waals surface area contributed by atoms with E-state index < -0.39 is 29.7 Å². The number of anilines is 4. The number of likely N-dealkylation sites (tertiary alicyclic amines) is 1. The Balaban J connectivity index is 0.715. The van der Waals surface area contributed by atoms with Gasteiger partial charge < -0.3 is 30.1 Å². The van der Waals surface area contributed by atoms with Crippen molar-refractivity contribution < 1.29 is 28.7 Å². The molecule has 17 nitrogen and oxygen atoms in total. The van der Waals surface area contributed by atoms with Crippen LogP contribution in [0.4, 0.5) is 27.9 Å². The van der Waals surface area contributed by atoms with E-state index in [9.17, 15) is 24.0 Å². The Morgan fingerprint density at radius 1 is 0.887 bits per heavy atom. The third kappa shape index (κ3) is 8.54. The van der Waals surface area contributed by atoms with Crippen molar-refractivity contribution in [2.75, 3.05) is 74.0 Å². The maximum absolute atomic E-state index is 13.3. The lowest BCUT2D eigenvalue weighted by Gasteiger charge is -2.45. The smallest absolute Gasteiger partial charge is 0.317 e. The van der Waals surface area contributed by atoms with Gasteiger partial charge in [-0.2, -0.15) is 0 Å². The van der Waals surface area contributed by atoms with E-state index in [1.165, 1.54) is 0 Å². The molecule has 0 aliphatic carbocycles. The molecule has 1 unspecified atom stereocenters. The van der Waals surface area contributed by atoms with Crippen LogP contribution in [0.25, 0.3) is 11.3 Å². The fraction of sp³-hybridized carbons (Fsp3) is 0.422. The Morgan fingerprint density at radius 3 is 2.40 bits per heavy atom. The second kappa shape index (κ2) is 17.1. The van der Waals surface area contributed by atoms with Gasteiger partial charge >= 0.3 is 6.03 Å². The number of carbonyl (C=O) groups is 5. The lowest BCUT2D eigenvalue weighted by molar-refractivity contribution is -0.136. The molecule has 6 amide bonds. The quantitative estimate of drug-likeness (QED) is 0.176. The number of fused-ring (bicyclic) bond motifs is 1. The fourth-order valence-electron chi connectivity index (χ4n) is 8.84. The van der Waals surface area contributed by atoms with Crippen molar-refractivity contribution in [3.05, 3.63) is 89.2 Å². The number of aromatic nitrogens is 3. The Hall–Kier alpha value is -6.46. The maximum Gasteiger partial charge on any atom is 0.317 e. The average Bonchev–Trinajstić information content (AvgIpc) is 3.48. The van der Waals surface area contributed by atoms with Gasteiger partial charge in [0.25, 0.3) is 11.8 Å². The van der Waals surface area contributed by atoms with Crippen LogP contribution in [0.3, 0.4) is 0 Å². The standard InChI is InChI=1S/C45H51N11O6/c1-27(2)62-34-25-55(26-34)45(61)48-20-31-5-4-30(18-28(31)3)37-12-13-46-44(50-37)49-32-6-10-39(47-21-32)53-16-14-52(15-17-53)22-29-23-54(24-29)33-7-8-35-36(19-33)43(60)56(42(35)59)38-9-11-40(57)51-41(38)58/h4-8,10,12-13,18-19,21,27,29,34,38H,9,11,14-17,20,22-26H2,1-3H3,(H,48,61)(H,46,49,50)(H,51,57,58). The number of urea groups is 1. The molecule has 2 aromatic carbocycles. The average molecular weight is 842 g/mol. The number of rotatable bonds is 12. The highest BCUT2D eigenvalue weighted by Crippen LogP contribution is 2.33. The number of piperazine rings is 1. The molecule has 9 rings (SSSR count). The number of hydrogen-bond donors (Lipinski definition) is 3. The van der Waals surface area contributed by atoms with Gasteiger partial charge in [-0.25, -0.2) is 19.7 Å². The summed E-state index contributed by atoms with van der Waals surface area (Å²) in [5.41, 5.74) is 6.11. The second-order valence-electron chi connectivity index (χ2n) is 17.0. The SMILES string of the molecule is Cc1cc(-c2ccnc(Nc3ccc(N4CCN(CC5CN(c6ccc7c(c6)C(=O)N(C6CCC(=O)NC6=O)C7=O)C5)CC4)nc3)n2)ccc1CNC(=O)N1CC(OC(C)C)C1. The Morgan fingerprint density at radius 2 is 1.68 bits per heavy atom. The molecule has 4 aromatic rings. The van der Waals surface area contributed by atoms with Crippen molar-refractivity contribution in [1.82, 2.24) is 40.3 Å². The Kier molecular flexibility index (Phi) is 11.3. The van der Waals surface area contributed by atoms with Gasteiger partial charge in [0.1, 0.15) is 11.9 Å². The normalized spacial score (nSPS) is 19.7. The first-order valence-electron chi connectivity index (χ1n) is 21.4. The molecule has 7 heterocycles.